The molecule has 1 aliphatic rings. The number of hydrogen-bond acceptors (Lipinski definition) is 4. The number of benzene rings is 2. The number of amides is 1. The van der Waals surface area contributed by atoms with Gasteiger partial charge in [0.15, 0.2) is 0 Å². The van der Waals surface area contributed by atoms with Gasteiger partial charge in [-0.05, 0) is 49.4 Å². The molecule has 0 spiro atoms. The van der Waals surface area contributed by atoms with Crippen molar-refractivity contribution in [2.24, 2.45) is 5.92 Å². The first-order valence-electron chi connectivity index (χ1n) is 11.5. The Morgan fingerprint density at radius 2 is 1.81 bits per heavy atom. The van der Waals surface area contributed by atoms with Crippen molar-refractivity contribution in [3.63, 3.8) is 0 Å². The predicted molar refractivity (Wildman–Crippen MR) is 125 cm³/mol. The van der Waals surface area contributed by atoms with E-state index < -0.39 is 11.0 Å². The molecule has 3 aromatic rings. The second kappa shape index (κ2) is 9.51. The van der Waals surface area contributed by atoms with Crippen LogP contribution in [0.25, 0.3) is 22.4 Å². The second-order valence-corrected chi connectivity index (χ2v) is 9.09. The molecule has 0 radical (unpaired) electrons. The number of para-hydroxylation sites is 2. The van der Waals surface area contributed by atoms with Crippen molar-refractivity contribution in [3.05, 3.63) is 58.6 Å². The number of nitrogens with zero attached hydrogens (tertiary/aromatic N) is 3. The summed E-state index contributed by atoms with van der Waals surface area (Å²) < 4.78 is 2.02. The summed E-state index contributed by atoms with van der Waals surface area (Å²) >= 11 is 0. The SMILES string of the molecule is CC(C)CC(C(=O)NC1CCCCC1)n1c(-c2ccc([N+](=O)[O-])cc2)nc2ccccc21. The van der Waals surface area contributed by atoms with Crippen molar-refractivity contribution in [1.82, 2.24) is 14.9 Å². The molecular formula is C25H30N4O3. The van der Waals surface area contributed by atoms with E-state index in [-0.39, 0.29) is 17.6 Å². The Morgan fingerprint density at radius 3 is 2.47 bits per heavy atom. The fourth-order valence-electron chi connectivity index (χ4n) is 4.62. The Balaban J connectivity index is 1.78. The molecule has 168 valence electrons. The number of nitro groups is 1. The number of nitro benzene ring substituents is 1. The summed E-state index contributed by atoms with van der Waals surface area (Å²) in [5.74, 6) is 0.991. The molecule has 0 aliphatic heterocycles. The Labute approximate surface area is 188 Å². The lowest BCUT2D eigenvalue weighted by Gasteiger charge is -2.28. The van der Waals surface area contributed by atoms with Gasteiger partial charge in [-0.3, -0.25) is 14.9 Å². The molecule has 1 aliphatic carbocycles. The summed E-state index contributed by atoms with van der Waals surface area (Å²) in [5, 5.41) is 14.4. The van der Waals surface area contributed by atoms with Crippen LogP contribution >= 0.6 is 0 Å². The van der Waals surface area contributed by atoms with Crippen LogP contribution in [0.4, 0.5) is 5.69 Å². The van der Waals surface area contributed by atoms with E-state index in [0.29, 0.717) is 18.2 Å². The smallest absolute Gasteiger partial charge is 0.269 e. The number of rotatable bonds is 7. The minimum atomic E-state index is -0.411. The van der Waals surface area contributed by atoms with Crippen LogP contribution in [-0.4, -0.2) is 26.4 Å². The average molecular weight is 435 g/mol. The maximum atomic E-state index is 13.6. The van der Waals surface area contributed by atoms with E-state index in [4.69, 9.17) is 4.98 Å². The van der Waals surface area contributed by atoms with E-state index in [0.717, 1.165) is 42.3 Å². The monoisotopic (exact) mass is 434 g/mol. The average Bonchev–Trinajstić information content (AvgIpc) is 3.17. The lowest BCUT2D eigenvalue weighted by molar-refractivity contribution is -0.384. The number of aromatic nitrogens is 2. The first kappa shape index (κ1) is 22.0. The molecule has 1 aromatic heterocycles. The largest absolute Gasteiger partial charge is 0.352 e. The Kier molecular flexibility index (Phi) is 6.53. The fourth-order valence-corrected chi connectivity index (χ4v) is 4.62. The van der Waals surface area contributed by atoms with Crippen LogP contribution in [0, 0.1) is 16.0 Å². The van der Waals surface area contributed by atoms with E-state index in [1.165, 1.54) is 18.6 Å². The van der Waals surface area contributed by atoms with Gasteiger partial charge < -0.3 is 9.88 Å². The third kappa shape index (κ3) is 4.66. The highest BCUT2D eigenvalue weighted by Crippen LogP contribution is 2.33. The van der Waals surface area contributed by atoms with Crippen LogP contribution < -0.4 is 5.32 Å². The van der Waals surface area contributed by atoms with Gasteiger partial charge in [0.1, 0.15) is 11.9 Å². The first-order chi connectivity index (χ1) is 15.4. The standard InChI is InChI=1S/C25H30N4O3/c1-17(2)16-23(25(30)26-19-8-4-3-5-9-19)28-22-11-7-6-10-21(22)27-24(28)18-12-14-20(15-13-18)29(31)32/h6-7,10-15,17,19,23H,3-5,8-9,16H2,1-2H3,(H,26,30). The van der Waals surface area contributed by atoms with E-state index >= 15 is 0 Å². The lowest BCUT2D eigenvalue weighted by Crippen LogP contribution is -2.41. The number of fused-ring (bicyclic) bond motifs is 1. The zero-order valence-corrected chi connectivity index (χ0v) is 18.7. The molecule has 1 amide bonds. The van der Waals surface area contributed by atoms with Crippen molar-refractivity contribution in [2.45, 2.75) is 64.5 Å². The minimum absolute atomic E-state index is 0.0249. The Hall–Kier alpha value is -3.22. The molecule has 32 heavy (non-hydrogen) atoms. The van der Waals surface area contributed by atoms with Gasteiger partial charge in [0.25, 0.3) is 5.69 Å². The summed E-state index contributed by atoms with van der Waals surface area (Å²) in [6.45, 7) is 4.23. The van der Waals surface area contributed by atoms with Crippen molar-refractivity contribution in [2.75, 3.05) is 0 Å². The summed E-state index contributed by atoms with van der Waals surface area (Å²) in [5.41, 5.74) is 2.49. The van der Waals surface area contributed by atoms with Crippen LogP contribution in [-0.2, 0) is 4.79 Å². The first-order valence-corrected chi connectivity index (χ1v) is 11.5. The molecular weight excluding hydrogens is 404 g/mol. The molecule has 7 heteroatoms. The molecule has 1 fully saturated rings. The van der Waals surface area contributed by atoms with Crippen molar-refractivity contribution >= 4 is 22.6 Å². The van der Waals surface area contributed by atoms with Crippen LogP contribution in [0.15, 0.2) is 48.5 Å². The van der Waals surface area contributed by atoms with E-state index in [1.807, 2.05) is 28.8 Å². The number of hydrogen-bond donors (Lipinski definition) is 1. The molecule has 1 heterocycles. The zero-order chi connectivity index (χ0) is 22.7. The van der Waals surface area contributed by atoms with Gasteiger partial charge in [-0.2, -0.15) is 0 Å². The maximum Gasteiger partial charge on any atom is 0.269 e. The molecule has 1 atom stereocenters. The molecule has 0 bridgehead atoms. The number of carbonyl (C=O) groups excluding carboxylic acids is 1. The van der Waals surface area contributed by atoms with Crippen molar-refractivity contribution in [1.29, 1.82) is 0 Å². The van der Waals surface area contributed by atoms with Crippen LogP contribution in [0.2, 0.25) is 0 Å². The topological polar surface area (TPSA) is 90.1 Å². The van der Waals surface area contributed by atoms with Crippen LogP contribution in [0.5, 0.6) is 0 Å². The molecule has 1 unspecified atom stereocenters. The third-order valence-electron chi connectivity index (χ3n) is 6.19. The van der Waals surface area contributed by atoms with Crippen molar-refractivity contribution < 1.29 is 9.72 Å². The van der Waals surface area contributed by atoms with Gasteiger partial charge in [0.05, 0.1) is 16.0 Å². The van der Waals surface area contributed by atoms with Crippen LogP contribution in [0.1, 0.15) is 58.4 Å². The van der Waals surface area contributed by atoms with Gasteiger partial charge in [0, 0.05) is 23.7 Å². The quantitative estimate of drug-likeness (QED) is 0.384. The fraction of sp³-hybridized carbons (Fsp3) is 0.440. The highest BCUT2D eigenvalue weighted by molar-refractivity contribution is 5.87. The van der Waals surface area contributed by atoms with Gasteiger partial charge >= 0.3 is 0 Å². The normalized spacial score (nSPS) is 15.7. The van der Waals surface area contributed by atoms with Crippen molar-refractivity contribution in [3.8, 4) is 11.4 Å². The van der Waals surface area contributed by atoms with E-state index in [2.05, 4.69) is 19.2 Å². The molecule has 1 saturated carbocycles. The highest BCUT2D eigenvalue weighted by atomic mass is 16.6. The summed E-state index contributed by atoms with van der Waals surface area (Å²) in [4.78, 5) is 29.1. The second-order valence-electron chi connectivity index (χ2n) is 9.09. The molecule has 0 saturated heterocycles. The Bertz CT molecular complexity index is 1100. The Morgan fingerprint density at radius 1 is 1.12 bits per heavy atom. The molecule has 2 aromatic carbocycles. The number of carbonyl (C=O) groups is 1. The number of nitrogens with one attached hydrogen (secondary N) is 1. The zero-order valence-electron chi connectivity index (χ0n) is 18.7. The molecule has 4 rings (SSSR count). The number of imidazole rings is 1. The van der Waals surface area contributed by atoms with Gasteiger partial charge in [0.2, 0.25) is 5.91 Å². The highest BCUT2D eigenvalue weighted by Gasteiger charge is 2.29. The minimum Gasteiger partial charge on any atom is -0.352 e. The van der Waals surface area contributed by atoms with Crippen LogP contribution in [0.3, 0.4) is 0 Å². The maximum absolute atomic E-state index is 13.6. The lowest BCUT2D eigenvalue weighted by atomic mass is 9.94. The summed E-state index contributed by atoms with van der Waals surface area (Å²) in [6, 6.07) is 14.0. The van der Waals surface area contributed by atoms with Gasteiger partial charge in [-0.15, -0.1) is 0 Å². The van der Waals surface area contributed by atoms with Gasteiger partial charge in [-0.25, -0.2) is 4.98 Å². The summed E-state index contributed by atoms with van der Waals surface area (Å²) in [7, 11) is 0. The third-order valence-corrected chi connectivity index (χ3v) is 6.19. The predicted octanol–water partition coefficient (Wildman–Crippen LogP) is 5.65. The molecule has 1 N–H and O–H groups in total. The van der Waals surface area contributed by atoms with Gasteiger partial charge in [-0.1, -0.05) is 45.2 Å². The van der Waals surface area contributed by atoms with E-state index in [9.17, 15) is 14.9 Å². The van der Waals surface area contributed by atoms with E-state index in [1.54, 1.807) is 12.1 Å². The molecule has 7 nitrogen and oxygen atoms in total. The number of non-ortho nitro benzene ring substituents is 1. The summed E-state index contributed by atoms with van der Waals surface area (Å²) in [6.07, 6.45) is 6.28.